The zero-order valence-corrected chi connectivity index (χ0v) is 15.9. The molecule has 0 aliphatic heterocycles. The van der Waals surface area contributed by atoms with Crippen LogP contribution in [-0.4, -0.2) is 22.0 Å². The summed E-state index contributed by atoms with van der Waals surface area (Å²) in [5.41, 5.74) is 3.82. The number of nitrogens with zero attached hydrogens (tertiary/aromatic N) is 1. The van der Waals surface area contributed by atoms with Gasteiger partial charge in [0.05, 0.1) is 11.3 Å². The lowest BCUT2D eigenvalue weighted by atomic mass is 9.46. The Balaban J connectivity index is 1.50. The molecular formula is C24H27NO2. The van der Waals surface area contributed by atoms with Gasteiger partial charge in [-0.05, 0) is 92.0 Å². The minimum Gasteiger partial charge on any atom is -0.507 e. The van der Waals surface area contributed by atoms with Crippen molar-refractivity contribution in [2.45, 2.75) is 56.5 Å². The molecule has 6 rings (SSSR count). The molecule has 27 heavy (non-hydrogen) atoms. The molecule has 0 heterocycles. The fourth-order valence-electron chi connectivity index (χ4n) is 6.37. The highest BCUT2D eigenvalue weighted by atomic mass is 16.3. The molecule has 0 aromatic heterocycles. The number of aryl methyl sites for hydroxylation is 1. The summed E-state index contributed by atoms with van der Waals surface area (Å²) in [5.74, 6) is 1.59. The summed E-state index contributed by atoms with van der Waals surface area (Å²) in [7, 11) is 0. The summed E-state index contributed by atoms with van der Waals surface area (Å²) in [5, 5.41) is 21.1. The number of phenols is 1. The van der Waals surface area contributed by atoms with Crippen LogP contribution < -0.4 is 0 Å². The predicted molar refractivity (Wildman–Crippen MR) is 108 cm³/mol. The maximum atomic E-state index is 11.1. The largest absolute Gasteiger partial charge is 0.507 e. The maximum absolute atomic E-state index is 11.1. The topological polar surface area (TPSA) is 52.8 Å². The molecule has 0 radical (unpaired) electrons. The minimum atomic E-state index is -0.450. The number of hydrogen-bond acceptors (Lipinski definition) is 3. The first-order chi connectivity index (χ1) is 12.9. The first-order valence-corrected chi connectivity index (χ1v) is 10.1. The smallest absolute Gasteiger partial charge is 0.124 e. The number of phenolic OH excluding ortho intramolecular Hbond substituents is 1. The monoisotopic (exact) mass is 361 g/mol. The molecule has 0 saturated heterocycles. The van der Waals surface area contributed by atoms with Crippen molar-refractivity contribution in [3.63, 3.8) is 0 Å². The van der Waals surface area contributed by atoms with Gasteiger partial charge in [-0.2, -0.15) is 0 Å². The number of aliphatic imine (C=N–C) groups is 1. The van der Waals surface area contributed by atoms with Crippen molar-refractivity contribution in [3.8, 4) is 5.75 Å². The van der Waals surface area contributed by atoms with E-state index in [1.807, 2.05) is 18.2 Å². The molecule has 0 amide bonds. The van der Waals surface area contributed by atoms with Crippen LogP contribution in [0.5, 0.6) is 5.75 Å². The molecule has 4 fully saturated rings. The average Bonchev–Trinajstić information content (AvgIpc) is 2.60. The van der Waals surface area contributed by atoms with Crippen LogP contribution in [0.25, 0.3) is 0 Å². The van der Waals surface area contributed by atoms with Crippen molar-refractivity contribution >= 4 is 11.9 Å². The number of benzene rings is 2. The zero-order chi connectivity index (χ0) is 18.6. The first kappa shape index (κ1) is 17.0. The van der Waals surface area contributed by atoms with Gasteiger partial charge in [0, 0.05) is 11.8 Å². The molecule has 4 aliphatic rings. The van der Waals surface area contributed by atoms with Crippen LogP contribution in [0.2, 0.25) is 0 Å². The lowest BCUT2D eigenvalue weighted by molar-refractivity contribution is -0.136. The van der Waals surface area contributed by atoms with E-state index in [0.717, 1.165) is 36.1 Å². The molecule has 3 nitrogen and oxygen atoms in total. The summed E-state index contributed by atoms with van der Waals surface area (Å²) in [6, 6.07) is 13.9. The van der Waals surface area contributed by atoms with E-state index in [-0.39, 0.29) is 11.2 Å². The van der Waals surface area contributed by atoms with Crippen LogP contribution >= 0.6 is 0 Å². The Morgan fingerprint density at radius 1 is 1.04 bits per heavy atom. The second-order valence-corrected chi connectivity index (χ2v) is 9.28. The molecule has 2 unspecified atom stereocenters. The average molecular weight is 361 g/mol. The molecule has 4 aliphatic carbocycles. The summed E-state index contributed by atoms with van der Waals surface area (Å²) in [4.78, 5) is 4.69. The normalized spacial score (nSPS) is 34.4. The third kappa shape index (κ3) is 2.89. The van der Waals surface area contributed by atoms with Gasteiger partial charge in [-0.25, -0.2) is 0 Å². The molecule has 4 atom stereocenters. The molecule has 4 saturated carbocycles. The molecule has 2 aromatic carbocycles. The highest BCUT2D eigenvalue weighted by Crippen LogP contribution is 2.62. The number of aromatic hydroxyl groups is 1. The van der Waals surface area contributed by atoms with Crippen LogP contribution in [0, 0.1) is 18.8 Å². The lowest BCUT2D eigenvalue weighted by Gasteiger charge is -2.60. The van der Waals surface area contributed by atoms with Gasteiger partial charge >= 0.3 is 0 Å². The second kappa shape index (κ2) is 5.93. The SMILES string of the molecule is Cc1ccc(C23C[C@@H]4C[C@@H](CC(O)(C4)C2)C3)cc1N=Cc1ccccc1O. The third-order valence-corrected chi connectivity index (χ3v) is 7.13. The van der Waals surface area contributed by atoms with Crippen molar-refractivity contribution in [1.82, 2.24) is 0 Å². The Kier molecular flexibility index (Phi) is 3.74. The Bertz CT molecular complexity index is 902. The van der Waals surface area contributed by atoms with Gasteiger partial charge in [0.2, 0.25) is 0 Å². The van der Waals surface area contributed by atoms with Crippen LogP contribution in [0.1, 0.15) is 55.2 Å². The first-order valence-electron chi connectivity index (χ1n) is 10.1. The van der Waals surface area contributed by atoms with E-state index in [2.05, 4.69) is 25.1 Å². The molecule has 3 heteroatoms. The van der Waals surface area contributed by atoms with Crippen molar-refractivity contribution in [2.75, 3.05) is 0 Å². The number of para-hydroxylation sites is 1. The van der Waals surface area contributed by atoms with Crippen molar-refractivity contribution in [3.05, 3.63) is 59.2 Å². The van der Waals surface area contributed by atoms with Crippen molar-refractivity contribution in [1.29, 1.82) is 0 Å². The Labute approximate surface area is 160 Å². The Hall–Kier alpha value is -2.13. The van der Waals surface area contributed by atoms with Gasteiger partial charge in [-0.1, -0.05) is 24.3 Å². The molecule has 4 bridgehead atoms. The predicted octanol–water partition coefficient (Wildman–Crippen LogP) is 5.03. The van der Waals surface area contributed by atoms with Crippen LogP contribution in [0.4, 0.5) is 5.69 Å². The molecule has 0 spiro atoms. The number of rotatable bonds is 3. The Morgan fingerprint density at radius 3 is 2.48 bits per heavy atom. The van der Waals surface area contributed by atoms with Gasteiger partial charge in [0.1, 0.15) is 5.75 Å². The molecule has 140 valence electrons. The van der Waals surface area contributed by atoms with E-state index in [1.54, 1.807) is 12.3 Å². The van der Waals surface area contributed by atoms with Gasteiger partial charge in [0.25, 0.3) is 0 Å². The van der Waals surface area contributed by atoms with E-state index in [0.29, 0.717) is 11.8 Å². The fraction of sp³-hybridized carbons (Fsp3) is 0.458. The second-order valence-electron chi connectivity index (χ2n) is 9.28. The summed E-state index contributed by atoms with van der Waals surface area (Å²) >= 11 is 0. The zero-order valence-electron chi connectivity index (χ0n) is 15.9. The summed E-state index contributed by atoms with van der Waals surface area (Å²) in [6.07, 6.45) is 8.35. The quantitative estimate of drug-likeness (QED) is 0.753. The number of aliphatic hydroxyl groups is 1. The van der Waals surface area contributed by atoms with Gasteiger partial charge in [0.15, 0.2) is 0 Å². The highest BCUT2D eigenvalue weighted by Gasteiger charge is 2.57. The van der Waals surface area contributed by atoms with E-state index >= 15 is 0 Å². The van der Waals surface area contributed by atoms with E-state index in [1.165, 1.54) is 24.8 Å². The molecule has 2 N–H and O–H groups in total. The maximum Gasteiger partial charge on any atom is 0.124 e. The van der Waals surface area contributed by atoms with Gasteiger partial charge < -0.3 is 10.2 Å². The van der Waals surface area contributed by atoms with Crippen molar-refractivity contribution in [2.24, 2.45) is 16.8 Å². The summed E-state index contributed by atoms with van der Waals surface area (Å²) < 4.78 is 0. The van der Waals surface area contributed by atoms with E-state index in [9.17, 15) is 10.2 Å². The third-order valence-electron chi connectivity index (χ3n) is 7.13. The fourth-order valence-corrected chi connectivity index (χ4v) is 6.37. The van der Waals surface area contributed by atoms with Crippen LogP contribution in [-0.2, 0) is 5.41 Å². The Morgan fingerprint density at radius 2 is 1.78 bits per heavy atom. The van der Waals surface area contributed by atoms with Crippen LogP contribution in [0.15, 0.2) is 47.5 Å². The molecule has 2 aromatic rings. The van der Waals surface area contributed by atoms with Crippen LogP contribution in [0.3, 0.4) is 0 Å². The number of hydrogen-bond donors (Lipinski definition) is 2. The highest BCUT2D eigenvalue weighted by molar-refractivity contribution is 5.85. The van der Waals surface area contributed by atoms with Crippen molar-refractivity contribution < 1.29 is 10.2 Å². The van der Waals surface area contributed by atoms with E-state index in [4.69, 9.17) is 4.99 Å². The lowest BCUT2D eigenvalue weighted by Crippen LogP contribution is -2.57. The molecular weight excluding hydrogens is 334 g/mol. The summed E-state index contributed by atoms with van der Waals surface area (Å²) in [6.45, 7) is 2.08. The van der Waals surface area contributed by atoms with Gasteiger partial charge in [-0.3, -0.25) is 4.99 Å². The van der Waals surface area contributed by atoms with Gasteiger partial charge in [-0.15, -0.1) is 0 Å². The van der Waals surface area contributed by atoms with E-state index < -0.39 is 5.60 Å². The standard InChI is InChI=1S/C24H27NO2/c1-16-6-7-20(9-21(16)25-14-19-4-2-3-5-22(19)26)23-10-17-8-18(11-23)13-24(27,12-17)15-23/h2-7,9,14,17-18,26-27H,8,10-13,15H2,1H3/t17-,18+,23?,24?. The minimum absolute atomic E-state index is 0.117.